The van der Waals surface area contributed by atoms with E-state index in [1.165, 1.54) is 68.7 Å². The molecule has 0 aliphatic heterocycles. The van der Waals surface area contributed by atoms with Crippen molar-refractivity contribution < 1.29 is 0 Å². The number of benzene rings is 2. The lowest BCUT2D eigenvalue weighted by atomic mass is 9.88. The molecule has 2 aromatic rings. The average molecular weight is 412 g/mol. The van der Waals surface area contributed by atoms with Crippen LogP contribution in [0.1, 0.15) is 89.2 Å². The summed E-state index contributed by atoms with van der Waals surface area (Å²) in [6.07, 6.45) is 17.2. The van der Waals surface area contributed by atoms with Gasteiger partial charge in [0.2, 0.25) is 0 Å². The Morgan fingerprint density at radius 3 is 1.31 bits per heavy atom. The lowest BCUT2D eigenvalue weighted by Crippen LogP contribution is -2.14. The summed E-state index contributed by atoms with van der Waals surface area (Å²) in [4.78, 5) is 0. The van der Waals surface area contributed by atoms with E-state index >= 15 is 0 Å². The summed E-state index contributed by atoms with van der Waals surface area (Å²) in [7, 11) is -0.785. The zero-order chi connectivity index (χ0) is 20.8. The summed E-state index contributed by atoms with van der Waals surface area (Å²) in [5, 5.41) is 0. The second kappa shape index (κ2) is 14.0. The van der Waals surface area contributed by atoms with Crippen molar-refractivity contribution in [1.82, 2.24) is 0 Å². The number of unbranched alkanes of at least 4 members (excludes halogenated alkanes) is 3. The van der Waals surface area contributed by atoms with Crippen molar-refractivity contribution in [1.29, 1.82) is 0 Å². The smallest absolute Gasteiger partial charge is 0.0594 e. The van der Waals surface area contributed by atoms with Gasteiger partial charge in [0, 0.05) is 13.2 Å². The van der Waals surface area contributed by atoms with E-state index in [9.17, 15) is 0 Å². The van der Waals surface area contributed by atoms with E-state index in [-0.39, 0.29) is 0 Å². The van der Waals surface area contributed by atoms with Crippen molar-refractivity contribution in [3.63, 3.8) is 0 Å². The molecule has 0 saturated carbocycles. The molecule has 0 aromatic heterocycles. The van der Waals surface area contributed by atoms with Crippen LogP contribution in [0.15, 0.2) is 60.7 Å². The lowest BCUT2D eigenvalue weighted by molar-refractivity contribution is 0.696. The zero-order valence-electron chi connectivity index (χ0n) is 19.3. The van der Waals surface area contributed by atoms with Crippen LogP contribution in [0.25, 0.3) is 0 Å². The third-order valence-electron chi connectivity index (χ3n) is 6.49. The summed E-state index contributed by atoms with van der Waals surface area (Å²) in [5.41, 5.74) is 2.97. The highest BCUT2D eigenvalue weighted by Crippen LogP contribution is 2.61. The zero-order valence-corrected chi connectivity index (χ0v) is 20.2. The van der Waals surface area contributed by atoms with Gasteiger partial charge in [-0.15, -0.1) is 0 Å². The third-order valence-corrected chi connectivity index (χ3v) is 11.5. The average Bonchev–Trinajstić information content (AvgIpc) is 2.78. The Morgan fingerprint density at radius 2 is 0.931 bits per heavy atom. The minimum absolute atomic E-state index is 0.544. The van der Waals surface area contributed by atoms with Gasteiger partial charge in [-0.1, -0.05) is 101 Å². The van der Waals surface area contributed by atoms with Crippen molar-refractivity contribution in [3.05, 3.63) is 71.8 Å². The van der Waals surface area contributed by atoms with Crippen LogP contribution in [0.5, 0.6) is 0 Å². The fourth-order valence-corrected chi connectivity index (χ4v) is 9.83. The van der Waals surface area contributed by atoms with Crippen molar-refractivity contribution in [2.45, 2.75) is 78.1 Å². The van der Waals surface area contributed by atoms with Crippen LogP contribution >= 0.6 is 7.26 Å². The van der Waals surface area contributed by atoms with Crippen LogP contribution in [0.3, 0.4) is 0 Å². The minimum Gasteiger partial charge on any atom is -0.0652 e. The Bertz CT molecular complexity index is 573. The highest BCUT2D eigenvalue weighted by atomic mass is 31.2. The van der Waals surface area contributed by atoms with Crippen LogP contribution in [0, 0.1) is 0 Å². The molecule has 0 spiro atoms. The molecule has 2 rings (SSSR count). The van der Waals surface area contributed by atoms with Crippen LogP contribution in [0.2, 0.25) is 0 Å². The first-order valence-corrected chi connectivity index (χ1v) is 14.7. The molecule has 0 radical (unpaired) electrons. The molecule has 0 unspecified atom stereocenters. The SMILES string of the molecule is CCCC[P+](CCCC)(CCCC)CCCC(c1ccccc1)c1ccccc1. The lowest BCUT2D eigenvalue weighted by Gasteiger charge is -2.29. The second-order valence-electron chi connectivity index (χ2n) is 8.81. The second-order valence-corrected chi connectivity index (χ2v) is 13.3. The molecule has 0 saturated heterocycles. The largest absolute Gasteiger partial charge is 0.0652 e. The van der Waals surface area contributed by atoms with E-state index in [1.807, 2.05) is 0 Å². The molecule has 0 heterocycles. The molecule has 0 atom stereocenters. The first-order chi connectivity index (χ1) is 14.2. The molecule has 0 N–H and O–H groups in total. The van der Waals surface area contributed by atoms with Crippen LogP contribution in [-0.2, 0) is 0 Å². The van der Waals surface area contributed by atoms with Crippen LogP contribution in [0.4, 0.5) is 0 Å². The predicted molar refractivity (Wildman–Crippen MR) is 135 cm³/mol. The molecule has 0 fully saturated rings. The first kappa shape index (κ1) is 24.1. The highest BCUT2D eigenvalue weighted by Gasteiger charge is 2.35. The van der Waals surface area contributed by atoms with E-state index in [0.717, 1.165) is 0 Å². The van der Waals surface area contributed by atoms with Crippen molar-refractivity contribution in [3.8, 4) is 0 Å². The molecule has 0 bridgehead atoms. The van der Waals surface area contributed by atoms with E-state index in [4.69, 9.17) is 0 Å². The summed E-state index contributed by atoms with van der Waals surface area (Å²) in [6, 6.07) is 22.4. The molecule has 1 heteroatoms. The number of hydrogen-bond acceptors (Lipinski definition) is 0. The molecular weight excluding hydrogens is 367 g/mol. The van der Waals surface area contributed by atoms with Crippen molar-refractivity contribution in [2.24, 2.45) is 0 Å². The van der Waals surface area contributed by atoms with Crippen molar-refractivity contribution in [2.75, 3.05) is 24.6 Å². The molecule has 0 aliphatic rings. The maximum absolute atomic E-state index is 2.37. The molecular formula is C28H44P+. The molecule has 160 valence electrons. The fourth-order valence-electron chi connectivity index (χ4n) is 4.68. The Labute approximate surface area is 181 Å². The number of hydrogen-bond donors (Lipinski definition) is 0. The van der Waals surface area contributed by atoms with Crippen LogP contribution < -0.4 is 0 Å². The molecule has 2 aromatic carbocycles. The Balaban J connectivity index is 2.11. The highest BCUT2D eigenvalue weighted by molar-refractivity contribution is 7.75. The van der Waals surface area contributed by atoms with E-state index in [0.29, 0.717) is 5.92 Å². The Morgan fingerprint density at radius 1 is 0.552 bits per heavy atom. The summed E-state index contributed by atoms with van der Waals surface area (Å²) in [5.74, 6) is 0.544. The Kier molecular flexibility index (Phi) is 11.6. The van der Waals surface area contributed by atoms with Gasteiger partial charge < -0.3 is 0 Å². The maximum Gasteiger partial charge on any atom is 0.0594 e. The van der Waals surface area contributed by atoms with Gasteiger partial charge in [0.15, 0.2) is 0 Å². The van der Waals surface area contributed by atoms with Gasteiger partial charge in [-0.3, -0.25) is 0 Å². The molecule has 0 amide bonds. The normalized spacial score (nSPS) is 11.9. The quantitative estimate of drug-likeness (QED) is 0.256. The van der Waals surface area contributed by atoms with Gasteiger partial charge in [-0.25, -0.2) is 0 Å². The molecule has 0 nitrogen and oxygen atoms in total. The van der Waals surface area contributed by atoms with Crippen LogP contribution in [-0.4, -0.2) is 24.6 Å². The topological polar surface area (TPSA) is 0 Å². The van der Waals surface area contributed by atoms with Gasteiger partial charge in [-0.05, 0) is 43.2 Å². The van der Waals surface area contributed by atoms with E-state index < -0.39 is 7.26 Å². The third kappa shape index (κ3) is 8.25. The van der Waals surface area contributed by atoms with Gasteiger partial charge in [0.05, 0.1) is 24.6 Å². The minimum atomic E-state index is -0.785. The van der Waals surface area contributed by atoms with Crippen molar-refractivity contribution >= 4 is 7.26 Å². The fraction of sp³-hybridized carbons (Fsp3) is 0.571. The number of rotatable bonds is 15. The van der Waals surface area contributed by atoms with Gasteiger partial charge in [0.1, 0.15) is 0 Å². The first-order valence-electron chi connectivity index (χ1n) is 12.2. The maximum atomic E-state index is 2.37. The summed E-state index contributed by atoms with van der Waals surface area (Å²) in [6.45, 7) is 7.11. The Hall–Kier alpha value is -1.13. The predicted octanol–water partition coefficient (Wildman–Crippen LogP) is 9.02. The molecule has 0 aliphatic carbocycles. The monoisotopic (exact) mass is 411 g/mol. The van der Waals surface area contributed by atoms with E-state index in [1.54, 1.807) is 18.5 Å². The van der Waals surface area contributed by atoms with Gasteiger partial charge >= 0.3 is 0 Å². The van der Waals surface area contributed by atoms with E-state index in [2.05, 4.69) is 81.4 Å². The molecule has 29 heavy (non-hydrogen) atoms. The summed E-state index contributed by atoms with van der Waals surface area (Å²) < 4.78 is 0. The van der Waals surface area contributed by atoms with Gasteiger partial charge in [0.25, 0.3) is 0 Å². The van der Waals surface area contributed by atoms with Gasteiger partial charge in [-0.2, -0.15) is 0 Å². The standard InChI is InChI=1S/C28H44P/c1-4-7-22-29(23-8-5-2,24-9-6-3)25-16-21-28(26-17-12-10-13-18-26)27-19-14-11-15-20-27/h10-15,17-20,28H,4-9,16,21-25H2,1-3H3/q+1. The summed E-state index contributed by atoms with van der Waals surface area (Å²) >= 11 is 0.